The van der Waals surface area contributed by atoms with Crippen molar-refractivity contribution < 1.29 is 14.3 Å². The predicted molar refractivity (Wildman–Crippen MR) is 87.4 cm³/mol. The summed E-state index contributed by atoms with van der Waals surface area (Å²) in [5.41, 5.74) is 5.47. The number of nitrogens with one attached hydrogen (secondary N) is 1. The van der Waals surface area contributed by atoms with Crippen LogP contribution in [0.1, 0.15) is 23.3 Å². The summed E-state index contributed by atoms with van der Waals surface area (Å²) in [4.78, 5) is 24.6. The first-order valence-corrected chi connectivity index (χ1v) is 7.77. The fourth-order valence-corrected chi connectivity index (χ4v) is 3.40. The van der Waals surface area contributed by atoms with Crippen LogP contribution >= 0.6 is 11.6 Å². The number of nitrogens with two attached hydrogens (primary N) is 1. The summed E-state index contributed by atoms with van der Waals surface area (Å²) in [6.45, 7) is 0.634. The van der Waals surface area contributed by atoms with E-state index in [-0.39, 0.29) is 6.61 Å². The van der Waals surface area contributed by atoms with E-state index in [0.29, 0.717) is 30.2 Å². The molecule has 1 aliphatic heterocycles. The van der Waals surface area contributed by atoms with Crippen molar-refractivity contribution in [1.29, 1.82) is 0 Å². The summed E-state index contributed by atoms with van der Waals surface area (Å²) in [6, 6.07) is 7.46. The number of hydrogen-bond acceptors (Lipinski definition) is 3. The topological polar surface area (TPSA) is 86.4 Å². The van der Waals surface area contributed by atoms with E-state index in [1.807, 2.05) is 24.3 Å². The van der Waals surface area contributed by atoms with Crippen LogP contribution in [0, 0.1) is 0 Å². The third kappa shape index (κ3) is 2.58. The summed E-state index contributed by atoms with van der Waals surface area (Å²) in [6.07, 6.45) is 1.11. The molecule has 1 saturated heterocycles. The highest BCUT2D eigenvalue weighted by Crippen LogP contribution is 2.30. The van der Waals surface area contributed by atoms with Gasteiger partial charge in [-0.2, -0.15) is 0 Å². The van der Waals surface area contributed by atoms with Crippen molar-refractivity contribution in [3.05, 3.63) is 35.0 Å². The molecule has 0 radical (unpaired) electrons. The molecule has 1 fully saturated rings. The lowest BCUT2D eigenvalue weighted by atomic mass is 9.91. The van der Waals surface area contributed by atoms with Crippen LogP contribution in [0.15, 0.2) is 24.3 Å². The molecule has 2 aromatic rings. The molecule has 2 heterocycles. The van der Waals surface area contributed by atoms with E-state index < -0.39 is 17.4 Å². The zero-order valence-electron chi connectivity index (χ0n) is 12.8. The molecular weight excluding hydrogens is 318 g/mol. The Hall–Kier alpha value is -2.05. The van der Waals surface area contributed by atoms with E-state index >= 15 is 0 Å². The number of fused-ring (bicyclic) bond motifs is 1. The van der Waals surface area contributed by atoms with Gasteiger partial charge in [0.05, 0.1) is 11.6 Å². The molecule has 1 aliphatic rings. The molecule has 0 saturated carbocycles. The number of primary amides is 1. The number of benzene rings is 1. The van der Waals surface area contributed by atoms with Gasteiger partial charge in [-0.1, -0.05) is 29.8 Å². The molecule has 3 rings (SSSR count). The van der Waals surface area contributed by atoms with Crippen LogP contribution in [0.3, 0.4) is 0 Å². The molecule has 1 atom stereocenters. The Kier molecular flexibility index (Phi) is 4.04. The molecular formula is C16H18ClN3O3. The van der Waals surface area contributed by atoms with Gasteiger partial charge in [-0.05, 0) is 18.9 Å². The molecule has 0 bridgehead atoms. The highest BCUT2D eigenvalue weighted by atomic mass is 35.5. The molecule has 1 aromatic carbocycles. The molecule has 1 aromatic heterocycles. The average molecular weight is 336 g/mol. The van der Waals surface area contributed by atoms with Crippen LogP contribution in [0.4, 0.5) is 0 Å². The normalized spacial score (nSPS) is 21.3. The van der Waals surface area contributed by atoms with Crippen molar-refractivity contribution in [2.45, 2.75) is 18.4 Å². The molecule has 0 spiro atoms. The Labute approximate surface area is 138 Å². The van der Waals surface area contributed by atoms with Gasteiger partial charge < -0.3 is 20.4 Å². The lowest BCUT2D eigenvalue weighted by molar-refractivity contribution is -0.129. The van der Waals surface area contributed by atoms with Crippen molar-refractivity contribution in [2.75, 3.05) is 13.2 Å². The summed E-state index contributed by atoms with van der Waals surface area (Å²) >= 11 is 6.37. The zero-order chi connectivity index (χ0) is 16.6. The number of carbonyl (C=O) groups is 2. The molecule has 7 heteroatoms. The minimum absolute atomic E-state index is 0.0790. The van der Waals surface area contributed by atoms with Crippen molar-refractivity contribution in [1.82, 2.24) is 9.88 Å². The second-order valence-corrected chi connectivity index (χ2v) is 6.17. The number of carbonyl (C=O) groups excluding carboxylic acids is 2. The maximum atomic E-state index is 12.8. The molecule has 122 valence electrons. The monoisotopic (exact) mass is 335 g/mol. The third-order valence-electron chi connectivity index (χ3n) is 4.33. The molecule has 2 amide bonds. The van der Waals surface area contributed by atoms with Gasteiger partial charge in [-0.3, -0.25) is 9.59 Å². The third-order valence-corrected chi connectivity index (χ3v) is 4.71. The van der Waals surface area contributed by atoms with Gasteiger partial charge >= 0.3 is 0 Å². The van der Waals surface area contributed by atoms with Crippen LogP contribution in [0.2, 0.25) is 5.02 Å². The van der Waals surface area contributed by atoms with Crippen molar-refractivity contribution in [3.63, 3.8) is 0 Å². The van der Waals surface area contributed by atoms with E-state index in [4.69, 9.17) is 22.1 Å². The van der Waals surface area contributed by atoms with Gasteiger partial charge in [0.1, 0.15) is 11.2 Å². The Morgan fingerprint density at radius 3 is 2.74 bits per heavy atom. The molecule has 6 nitrogen and oxygen atoms in total. The number of ether oxygens (including phenoxy) is 1. The Balaban J connectivity index is 1.99. The number of rotatable bonds is 3. The standard InChI is InChI=1S/C16H18ClN3O3/c1-20-11-6-3-2-5-10(11)12(17)13(20)14(21)19-16(15(18)22)7-4-8-23-9-16/h2-3,5-6H,4,7-9H2,1H3,(H2,18,22)(H,19,21). The maximum Gasteiger partial charge on any atom is 0.270 e. The number of para-hydroxylation sites is 1. The van der Waals surface area contributed by atoms with Gasteiger partial charge in [0.25, 0.3) is 5.91 Å². The van der Waals surface area contributed by atoms with Gasteiger partial charge in [0.2, 0.25) is 5.91 Å². The maximum absolute atomic E-state index is 12.8. The molecule has 0 aliphatic carbocycles. The van der Waals surface area contributed by atoms with E-state index in [1.54, 1.807) is 11.6 Å². The van der Waals surface area contributed by atoms with Gasteiger partial charge in [0.15, 0.2) is 0 Å². The van der Waals surface area contributed by atoms with Gasteiger partial charge in [-0.15, -0.1) is 0 Å². The highest BCUT2D eigenvalue weighted by Gasteiger charge is 2.41. The first kappa shape index (κ1) is 15.8. The second kappa shape index (κ2) is 5.86. The van der Waals surface area contributed by atoms with Crippen LogP contribution in [0.25, 0.3) is 10.9 Å². The number of aromatic nitrogens is 1. The Morgan fingerprint density at radius 1 is 1.39 bits per heavy atom. The van der Waals surface area contributed by atoms with E-state index in [0.717, 1.165) is 10.9 Å². The lowest BCUT2D eigenvalue weighted by Crippen LogP contribution is -2.62. The summed E-state index contributed by atoms with van der Waals surface area (Å²) in [5, 5.41) is 3.89. The summed E-state index contributed by atoms with van der Waals surface area (Å²) in [7, 11) is 1.76. The van der Waals surface area contributed by atoms with E-state index in [2.05, 4.69) is 5.32 Å². The first-order chi connectivity index (χ1) is 11.0. The zero-order valence-corrected chi connectivity index (χ0v) is 13.5. The fourth-order valence-electron chi connectivity index (χ4n) is 3.02. The smallest absolute Gasteiger partial charge is 0.270 e. The van der Waals surface area contributed by atoms with E-state index in [9.17, 15) is 9.59 Å². The number of nitrogens with zero attached hydrogens (tertiary/aromatic N) is 1. The van der Waals surface area contributed by atoms with Gasteiger partial charge in [-0.25, -0.2) is 0 Å². The largest absolute Gasteiger partial charge is 0.378 e. The van der Waals surface area contributed by atoms with Crippen LogP contribution < -0.4 is 11.1 Å². The second-order valence-electron chi connectivity index (χ2n) is 5.80. The number of hydrogen-bond donors (Lipinski definition) is 2. The first-order valence-electron chi connectivity index (χ1n) is 7.39. The van der Waals surface area contributed by atoms with Crippen LogP contribution in [-0.2, 0) is 16.6 Å². The predicted octanol–water partition coefficient (Wildman–Crippen LogP) is 1.60. The van der Waals surface area contributed by atoms with Crippen LogP contribution in [-0.4, -0.2) is 35.1 Å². The average Bonchev–Trinajstić information content (AvgIpc) is 2.80. The van der Waals surface area contributed by atoms with Crippen molar-refractivity contribution >= 4 is 34.3 Å². The highest BCUT2D eigenvalue weighted by molar-refractivity contribution is 6.38. The minimum atomic E-state index is -1.19. The van der Waals surface area contributed by atoms with Gasteiger partial charge in [0, 0.05) is 24.6 Å². The van der Waals surface area contributed by atoms with E-state index in [1.165, 1.54) is 0 Å². The Morgan fingerprint density at radius 2 is 2.13 bits per heavy atom. The number of amides is 2. The molecule has 1 unspecified atom stereocenters. The van der Waals surface area contributed by atoms with Crippen molar-refractivity contribution in [2.24, 2.45) is 12.8 Å². The fraction of sp³-hybridized carbons (Fsp3) is 0.375. The van der Waals surface area contributed by atoms with Crippen LogP contribution in [0.5, 0.6) is 0 Å². The summed E-state index contributed by atoms with van der Waals surface area (Å²) < 4.78 is 7.06. The molecule has 3 N–H and O–H groups in total. The SMILES string of the molecule is Cn1c(C(=O)NC2(C(N)=O)CCCOC2)c(Cl)c2ccccc21. The van der Waals surface area contributed by atoms with Crippen molar-refractivity contribution in [3.8, 4) is 0 Å². The lowest BCUT2D eigenvalue weighted by Gasteiger charge is -2.34. The number of aryl methyl sites for hydroxylation is 1. The summed E-state index contributed by atoms with van der Waals surface area (Å²) in [5.74, 6) is -1.03. The number of halogens is 1. The Bertz CT molecular complexity index is 739. The molecule has 23 heavy (non-hydrogen) atoms. The minimum Gasteiger partial charge on any atom is -0.378 e. The quantitative estimate of drug-likeness (QED) is 0.893.